The van der Waals surface area contributed by atoms with Crippen molar-refractivity contribution >= 4 is 34.5 Å². The predicted octanol–water partition coefficient (Wildman–Crippen LogP) is 4.02. The standard InChI is InChI=1S/C18H15N3O2S/c1-12(22)20-14-7-9-15(10-8-14)21-17(23)16-11-19-18(24-16)13-5-3-2-4-6-13/h2-11H,1H3,(H,20,22)(H,21,23). The van der Waals surface area contributed by atoms with E-state index in [4.69, 9.17) is 0 Å². The minimum Gasteiger partial charge on any atom is -0.326 e. The van der Waals surface area contributed by atoms with Gasteiger partial charge < -0.3 is 10.6 Å². The maximum atomic E-state index is 12.3. The highest BCUT2D eigenvalue weighted by atomic mass is 32.1. The number of carbonyl (C=O) groups is 2. The zero-order valence-corrected chi connectivity index (χ0v) is 13.8. The number of nitrogens with one attached hydrogen (secondary N) is 2. The maximum absolute atomic E-state index is 12.3. The molecule has 2 N–H and O–H groups in total. The zero-order valence-electron chi connectivity index (χ0n) is 12.9. The number of carbonyl (C=O) groups excluding carboxylic acids is 2. The van der Waals surface area contributed by atoms with Crippen LogP contribution in [-0.2, 0) is 4.79 Å². The normalized spacial score (nSPS) is 10.2. The molecule has 0 radical (unpaired) electrons. The van der Waals surface area contributed by atoms with Crippen LogP contribution in [0, 0.1) is 0 Å². The fraction of sp³-hybridized carbons (Fsp3) is 0.0556. The number of hydrogen-bond donors (Lipinski definition) is 2. The summed E-state index contributed by atoms with van der Waals surface area (Å²) in [5.41, 5.74) is 2.33. The Morgan fingerprint density at radius 1 is 0.917 bits per heavy atom. The maximum Gasteiger partial charge on any atom is 0.267 e. The molecule has 0 saturated heterocycles. The van der Waals surface area contributed by atoms with E-state index < -0.39 is 0 Å². The van der Waals surface area contributed by atoms with Gasteiger partial charge in [-0.15, -0.1) is 11.3 Å². The van der Waals surface area contributed by atoms with E-state index in [0.717, 1.165) is 10.6 Å². The number of nitrogens with zero attached hydrogens (tertiary/aromatic N) is 1. The monoisotopic (exact) mass is 337 g/mol. The van der Waals surface area contributed by atoms with Crippen LogP contribution in [0.4, 0.5) is 11.4 Å². The van der Waals surface area contributed by atoms with Crippen molar-refractivity contribution in [1.29, 1.82) is 0 Å². The van der Waals surface area contributed by atoms with Gasteiger partial charge in [-0.05, 0) is 24.3 Å². The van der Waals surface area contributed by atoms with Crippen molar-refractivity contribution in [1.82, 2.24) is 4.98 Å². The van der Waals surface area contributed by atoms with Gasteiger partial charge >= 0.3 is 0 Å². The quantitative estimate of drug-likeness (QED) is 0.755. The average Bonchev–Trinajstić information content (AvgIpc) is 3.07. The van der Waals surface area contributed by atoms with E-state index >= 15 is 0 Å². The van der Waals surface area contributed by atoms with Gasteiger partial charge in [0.1, 0.15) is 9.88 Å². The molecule has 1 aromatic heterocycles. The van der Waals surface area contributed by atoms with Crippen LogP contribution in [0.1, 0.15) is 16.6 Å². The fourth-order valence-corrected chi connectivity index (χ4v) is 2.94. The summed E-state index contributed by atoms with van der Waals surface area (Å²) in [6, 6.07) is 16.7. The van der Waals surface area contributed by atoms with Gasteiger partial charge in [0.15, 0.2) is 0 Å². The molecule has 5 nitrogen and oxygen atoms in total. The summed E-state index contributed by atoms with van der Waals surface area (Å²) in [5, 5.41) is 6.31. The molecule has 0 fully saturated rings. The molecule has 0 aliphatic heterocycles. The molecule has 120 valence electrons. The molecule has 0 saturated carbocycles. The van der Waals surface area contributed by atoms with E-state index in [-0.39, 0.29) is 11.8 Å². The number of anilines is 2. The minimum absolute atomic E-state index is 0.134. The van der Waals surface area contributed by atoms with Gasteiger partial charge in [-0.25, -0.2) is 4.98 Å². The van der Waals surface area contributed by atoms with Crippen molar-refractivity contribution in [3.05, 3.63) is 65.7 Å². The van der Waals surface area contributed by atoms with Crippen molar-refractivity contribution in [3.8, 4) is 10.6 Å². The van der Waals surface area contributed by atoms with Crippen molar-refractivity contribution in [2.45, 2.75) is 6.92 Å². The Kier molecular flexibility index (Phi) is 4.67. The van der Waals surface area contributed by atoms with Gasteiger partial charge in [-0.3, -0.25) is 9.59 Å². The first-order chi connectivity index (χ1) is 11.6. The fourth-order valence-electron chi connectivity index (χ4n) is 2.13. The molecular formula is C18H15N3O2S. The van der Waals surface area contributed by atoms with E-state index in [1.807, 2.05) is 30.3 Å². The van der Waals surface area contributed by atoms with Gasteiger partial charge in [0, 0.05) is 23.9 Å². The van der Waals surface area contributed by atoms with Gasteiger partial charge in [-0.1, -0.05) is 30.3 Å². The smallest absolute Gasteiger partial charge is 0.267 e. The predicted molar refractivity (Wildman–Crippen MR) is 96.2 cm³/mol. The summed E-state index contributed by atoms with van der Waals surface area (Å²) in [5.74, 6) is -0.341. The number of thiazole rings is 1. The summed E-state index contributed by atoms with van der Waals surface area (Å²) in [4.78, 5) is 28.2. The number of benzene rings is 2. The van der Waals surface area contributed by atoms with Gasteiger partial charge in [0.25, 0.3) is 5.91 Å². The highest BCUT2D eigenvalue weighted by Crippen LogP contribution is 2.25. The lowest BCUT2D eigenvalue weighted by Gasteiger charge is -2.05. The van der Waals surface area contributed by atoms with Crippen LogP contribution in [-0.4, -0.2) is 16.8 Å². The largest absolute Gasteiger partial charge is 0.326 e. The molecule has 0 spiro atoms. The van der Waals surface area contributed by atoms with Crippen LogP contribution in [0.5, 0.6) is 0 Å². The van der Waals surface area contributed by atoms with Crippen LogP contribution in [0.3, 0.4) is 0 Å². The third-order valence-electron chi connectivity index (χ3n) is 3.21. The molecule has 2 amide bonds. The van der Waals surface area contributed by atoms with Crippen LogP contribution < -0.4 is 10.6 Å². The number of aromatic nitrogens is 1. The first kappa shape index (κ1) is 15.9. The van der Waals surface area contributed by atoms with Gasteiger partial charge in [0.05, 0.1) is 6.20 Å². The number of amides is 2. The summed E-state index contributed by atoms with van der Waals surface area (Å²) in [6.45, 7) is 1.45. The Morgan fingerprint density at radius 2 is 1.54 bits per heavy atom. The highest BCUT2D eigenvalue weighted by Gasteiger charge is 2.12. The third-order valence-corrected chi connectivity index (χ3v) is 4.26. The number of hydrogen-bond acceptors (Lipinski definition) is 4. The molecule has 0 aliphatic carbocycles. The zero-order chi connectivity index (χ0) is 16.9. The first-order valence-corrected chi connectivity index (χ1v) is 8.14. The molecule has 1 heterocycles. The highest BCUT2D eigenvalue weighted by molar-refractivity contribution is 7.17. The average molecular weight is 337 g/mol. The SMILES string of the molecule is CC(=O)Nc1ccc(NC(=O)c2cnc(-c3ccccc3)s2)cc1. The Hall–Kier alpha value is -2.99. The Bertz CT molecular complexity index is 857. The first-order valence-electron chi connectivity index (χ1n) is 7.32. The van der Waals surface area contributed by atoms with E-state index in [9.17, 15) is 9.59 Å². The van der Waals surface area contributed by atoms with Crippen molar-refractivity contribution in [2.24, 2.45) is 0 Å². The van der Waals surface area contributed by atoms with Crippen molar-refractivity contribution in [3.63, 3.8) is 0 Å². The van der Waals surface area contributed by atoms with E-state index in [1.54, 1.807) is 30.5 Å². The molecule has 0 unspecified atom stereocenters. The van der Waals surface area contributed by atoms with E-state index in [2.05, 4.69) is 15.6 Å². The summed E-state index contributed by atoms with van der Waals surface area (Å²) < 4.78 is 0. The molecular weight excluding hydrogens is 322 g/mol. The number of rotatable bonds is 4. The lowest BCUT2D eigenvalue weighted by molar-refractivity contribution is -0.114. The van der Waals surface area contributed by atoms with Gasteiger partial charge in [0.2, 0.25) is 5.91 Å². The second-order valence-corrected chi connectivity index (χ2v) is 6.14. The van der Waals surface area contributed by atoms with Gasteiger partial charge in [-0.2, -0.15) is 0 Å². The van der Waals surface area contributed by atoms with Crippen LogP contribution in [0.15, 0.2) is 60.8 Å². The summed E-state index contributed by atoms with van der Waals surface area (Å²) in [6.07, 6.45) is 1.58. The van der Waals surface area contributed by atoms with E-state index in [0.29, 0.717) is 16.3 Å². The topological polar surface area (TPSA) is 71.1 Å². The van der Waals surface area contributed by atoms with Crippen LogP contribution in [0.25, 0.3) is 10.6 Å². The van der Waals surface area contributed by atoms with E-state index in [1.165, 1.54) is 18.3 Å². The lowest BCUT2D eigenvalue weighted by atomic mass is 10.2. The Balaban J connectivity index is 1.69. The second kappa shape index (κ2) is 7.06. The summed E-state index contributed by atoms with van der Waals surface area (Å²) >= 11 is 1.34. The lowest BCUT2D eigenvalue weighted by Crippen LogP contribution is -2.10. The molecule has 0 atom stereocenters. The van der Waals surface area contributed by atoms with Crippen LogP contribution in [0.2, 0.25) is 0 Å². The third kappa shape index (κ3) is 3.85. The molecule has 3 aromatic rings. The van der Waals surface area contributed by atoms with Crippen molar-refractivity contribution in [2.75, 3.05) is 10.6 Å². The molecule has 2 aromatic carbocycles. The minimum atomic E-state index is -0.207. The summed E-state index contributed by atoms with van der Waals surface area (Å²) in [7, 11) is 0. The Labute approximate surface area is 143 Å². The molecule has 0 bridgehead atoms. The molecule has 6 heteroatoms. The van der Waals surface area contributed by atoms with Crippen molar-refractivity contribution < 1.29 is 9.59 Å². The van der Waals surface area contributed by atoms with Crippen LogP contribution >= 0.6 is 11.3 Å². The molecule has 0 aliphatic rings. The Morgan fingerprint density at radius 3 is 2.17 bits per heavy atom. The second-order valence-electron chi connectivity index (χ2n) is 5.11. The molecule has 24 heavy (non-hydrogen) atoms. The molecule has 3 rings (SSSR count).